The molecule has 0 atom stereocenters. The quantitative estimate of drug-likeness (QED) is 0.304. The van der Waals surface area contributed by atoms with E-state index in [-0.39, 0.29) is 0 Å². The molecule has 0 fully saturated rings. The van der Waals surface area contributed by atoms with Crippen molar-refractivity contribution in [3.05, 3.63) is 0 Å². The van der Waals surface area contributed by atoms with Gasteiger partial charge in [0.2, 0.25) is 0 Å². The Bertz CT molecular complexity index is 132. The lowest BCUT2D eigenvalue weighted by molar-refractivity contribution is 0.639. The summed E-state index contributed by atoms with van der Waals surface area (Å²) in [5.41, 5.74) is 0. The Labute approximate surface area is 154 Å². The van der Waals surface area contributed by atoms with Crippen LogP contribution in [0.1, 0.15) is 39.0 Å². The third-order valence-electron chi connectivity index (χ3n) is 1.31. The topological polar surface area (TPSA) is 0 Å². The fourth-order valence-corrected chi connectivity index (χ4v) is 1.15. The van der Waals surface area contributed by atoms with E-state index in [1.54, 1.807) is 0 Å². The molecule has 0 heterocycles. The second kappa shape index (κ2) is 17.7. The van der Waals surface area contributed by atoms with Crippen LogP contribution in [0, 0.1) is 0 Å². The average Bonchev–Trinajstić information content (AvgIpc) is 2.09. The zero-order valence-corrected chi connectivity index (χ0v) is 16.4. The lowest BCUT2D eigenvalue weighted by Crippen LogP contribution is -2.00. The van der Waals surface area contributed by atoms with Gasteiger partial charge in [0, 0.05) is 0 Å². The molecule has 0 N–H and O–H groups in total. The maximum absolute atomic E-state index is 5.54. The van der Waals surface area contributed by atoms with E-state index in [0.29, 0.717) is 6.42 Å². The van der Waals surface area contributed by atoms with Gasteiger partial charge in [-0.1, -0.05) is 131 Å². The van der Waals surface area contributed by atoms with Crippen molar-refractivity contribution >= 4 is 104 Å². The molecule has 0 saturated heterocycles. The Morgan fingerprint density at radius 3 is 1.28 bits per heavy atom. The predicted molar refractivity (Wildman–Crippen MR) is 91.7 cm³/mol. The summed E-state index contributed by atoms with van der Waals surface area (Å²) in [7, 11) is 0. The molecule has 0 spiro atoms. The van der Waals surface area contributed by atoms with Gasteiger partial charge in [0.25, 0.3) is 0 Å². The van der Waals surface area contributed by atoms with Crippen molar-refractivity contribution in [1.82, 2.24) is 0 Å². The van der Waals surface area contributed by atoms with Crippen LogP contribution in [0.3, 0.4) is 0 Å². The lowest BCUT2D eigenvalue weighted by atomic mass is 10.2. The summed E-state index contributed by atoms with van der Waals surface area (Å²) in [5, 5.41) is 0. The Balaban J connectivity index is -0.000000233. The van der Waals surface area contributed by atoms with E-state index in [9.17, 15) is 0 Å². The summed E-state index contributed by atoms with van der Waals surface area (Å²) < 4.78 is -2.53. The van der Waals surface area contributed by atoms with Crippen LogP contribution in [0.4, 0.5) is 0 Å². The summed E-state index contributed by atoms with van der Waals surface area (Å²) in [6, 6.07) is 0. The van der Waals surface area contributed by atoms with Crippen molar-refractivity contribution in [2.24, 2.45) is 0 Å². The monoisotopic (exact) mass is 438 g/mol. The number of halogens is 9. The minimum atomic E-state index is -1.03. The number of alkyl halides is 9. The highest BCUT2D eigenvalue weighted by atomic mass is 35.6. The minimum Gasteiger partial charge on any atom is -0.0874 e. The van der Waals surface area contributed by atoms with Crippen LogP contribution >= 0.6 is 104 Å². The summed E-state index contributed by atoms with van der Waals surface area (Å²) in [6.45, 7) is 2.16. The molecule has 0 rings (SSSR count). The largest absolute Gasteiger partial charge is 0.190 e. The molecule has 0 aromatic rings. The van der Waals surface area contributed by atoms with Gasteiger partial charge < -0.3 is 0 Å². The van der Waals surface area contributed by atoms with Crippen molar-refractivity contribution in [3.8, 4) is 0 Å². The van der Waals surface area contributed by atoms with Gasteiger partial charge in [-0.3, -0.25) is 0 Å². The standard InChI is InChI=1S/C7H13Cl3.2CHCl3/c1-2-3-4-5-6-7(8,9)10;2*2-1(3)4/h2-6H2,1H3;2*1H. The van der Waals surface area contributed by atoms with Crippen molar-refractivity contribution in [3.63, 3.8) is 0 Å². The molecule has 0 aliphatic rings. The Hall–Kier alpha value is 2.61. The number of unbranched alkanes of at least 4 members (excludes halogenated alkanes) is 3. The fourth-order valence-electron chi connectivity index (χ4n) is 0.752. The van der Waals surface area contributed by atoms with Crippen molar-refractivity contribution in [2.45, 2.75) is 51.4 Å². The molecule has 0 saturated carbocycles. The highest BCUT2D eigenvalue weighted by Crippen LogP contribution is 2.31. The smallest absolute Gasteiger partial charge is 0.0874 e. The van der Waals surface area contributed by atoms with E-state index in [1.807, 2.05) is 0 Å². The van der Waals surface area contributed by atoms with Crippen LogP contribution < -0.4 is 0 Å². The van der Waals surface area contributed by atoms with Gasteiger partial charge in [0.1, 0.15) is 0 Å². The maximum Gasteiger partial charge on any atom is 0.190 e. The average molecular weight is 442 g/mol. The first-order chi connectivity index (χ1) is 8.02. The van der Waals surface area contributed by atoms with E-state index in [4.69, 9.17) is 104 Å². The zero-order chi connectivity index (χ0) is 15.2. The molecule has 0 amide bonds. The van der Waals surface area contributed by atoms with Crippen LogP contribution in [0.15, 0.2) is 0 Å². The third kappa shape index (κ3) is 62.5. The second-order valence-corrected chi connectivity index (χ2v) is 9.40. The van der Waals surface area contributed by atoms with Gasteiger partial charge in [0.15, 0.2) is 12.4 Å². The van der Waals surface area contributed by atoms with Gasteiger partial charge in [-0.05, 0) is 12.8 Å². The van der Waals surface area contributed by atoms with Crippen molar-refractivity contribution in [2.75, 3.05) is 0 Å². The van der Waals surface area contributed by atoms with Gasteiger partial charge >= 0.3 is 0 Å². The summed E-state index contributed by atoms with van der Waals surface area (Å²) in [6.07, 6.45) is 5.33. The molecule has 0 bridgehead atoms. The number of hydrogen-bond donors (Lipinski definition) is 0. The van der Waals surface area contributed by atoms with Gasteiger partial charge in [-0.15, -0.1) is 0 Å². The van der Waals surface area contributed by atoms with Crippen LogP contribution in [-0.2, 0) is 0 Å². The molecule has 0 aromatic carbocycles. The van der Waals surface area contributed by atoms with Crippen molar-refractivity contribution in [1.29, 1.82) is 0 Å². The van der Waals surface area contributed by atoms with E-state index in [0.717, 1.165) is 6.42 Å². The third-order valence-corrected chi connectivity index (χ3v) is 1.88. The Morgan fingerprint density at radius 1 is 0.722 bits per heavy atom. The maximum atomic E-state index is 5.54. The summed E-state index contributed by atoms with van der Waals surface area (Å²) >= 11 is 45.5. The van der Waals surface area contributed by atoms with E-state index in [1.165, 1.54) is 19.3 Å². The van der Waals surface area contributed by atoms with E-state index in [2.05, 4.69) is 6.92 Å². The molecule has 0 aliphatic heterocycles. The van der Waals surface area contributed by atoms with Crippen molar-refractivity contribution < 1.29 is 0 Å². The molecule has 0 unspecified atom stereocenters. The van der Waals surface area contributed by atoms with Gasteiger partial charge in [0.05, 0.1) is 0 Å². The van der Waals surface area contributed by atoms with Crippen LogP contribution in [0.25, 0.3) is 0 Å². The number of rotatable bonds is 4. The highest BCUT2D eigenvalue weighted by molar-refractivity contribution is 6.67. The van der Waals surface area contributed by atoms with Gasteiger partial charge in [-0.2, -0.15) is 0 Å². The first-order valence-corrected chi connectivity index (χ1v) is 8.69. The van der Waals surface area contributed by atoms with Crippen LogP contribution in [-0.4, -0.2) is 12.4 Å². The first-order valence-electron chi connectivity index (χ1n) is 4.94. The fraction of sp³-hybridized carbons (Fsp3) is 1.00. The molecule has 0 aromatic heterocycles. The summed E-state index contributed by atoms with van der Waals surface area (Å²) in [4.78, 5) is 0. The Kier molecular flexibility index (Phi) is 25.1. The normalized spacial score (nSPS) is 10.7. The van der Waals surface area contributed by atoms with Crippen LogP contribution in [0.5, 0.6) is 0 Å². The Morgan fingerprint density at radius 2 is 1.06 bits per heavy atom. The second-order valence-electron chi connectivity index (χ2n) is 2.92. The zero-order valence-electron chi connectivity index (χ0n) is 9.59. The van der Waals surface area contributed by atoms with E-state index < -0.39 is 12.4 Å². The molecule has 0 nitrogen and oxygen atoms in total. The first kappa shape index (κ1) is 25.6. The van der Waals surface area contributed by atoms with Gasteiger partial charge in [-0.25, -0.2) is 0 Å². The SMILES string of the molecule is CCCCCCC(Cl)(Cl)Cl.ClC(Cl)Cl.ClC(Cl)Cl. The molecule has 0 radical (unpaired) electrons. The molecular formula is C9H15Cl9. The molecule has 114 valence electrons. The van der Waals surface area contributed by atoms with E-state index >= 15 is 0 Å². The summed E-state index contributed by atoms with van der Waals surface area (Å²) in [5.74, 6) is 0. The molecule has 18 heavy (non-hydrogen) atoms. The van der Waals surface area contributed by atoms with Crippen LogP contribution in [0.2, 0.25) is 0 Å². The molecule has 9 heteroatoms. The highest BCUT2D eigenvalue weighted by Gasteiger charge is 2.17. The molecular weight excluding hydrogens is 427 g/mol. The molecule has 0 aliphatic carbocycles. The predicted octanol–water partition coefficient (Wildman–Crippen LogP) is 8.30. The number of hydrogen-bond acceptors (Lipinski definition) is 0. The minimum absolute atomic E-state index is 0.678. The lowest BCUT2D eigenvalue weighted by Gasteiger charge is -2.08.